The molecule has 0 aromatic heterocycles. The third kappa shape index (κ3) is 4.15. The highest BCUT2D eigenvalue weighted by Gasteiger charge is 2.29. The van der Waals surface area contributed by atoms with Crippen molar-refractivity contribution in [3.8, 4) is 23.3 Å². The summed E-state index contributed by atoms with van der Waals surface area (Å²) in [4.78, 5) is 28.0. The van der Waals surface area contributed by atoms with Crippen LogP contribution in [0.15, 0.2) is 51.9 Å². The van der Waals surface area contributed by atoms with E-state index in [1.165, 1.54) is 45.2 Å². The molecule has 0 radical (unpaired) electrons. The van der Waals surface area contributed by atoms with Crippen LogP contribution in [0, 0.1) is 11.3 Å². The first kappa shape index (κ1) is 22.1. The van der Waals surface area contributed by atoms with Gasteiger partial charge in [-0.2, -0.15) is 5.26 Å². The average Bonchev–Trinajstić information content (AvgIpc) is 3.13. The molecule has 2 aromatic rings. The number of carbonyl (C=O) groups excluding carboxylic acids is 2. The van der Waals surface area contributed by atoms with E-state index in [4.69, 9.17) is 18.9 Å². The first-order valence-corrected chi connectivity index (χ1v) is 9.92. The van der Waals surface area contributed by atoms with E-state index in [0.29, 0.717) is 10.8 Å². The van der Waals surface area contributed by atoms with Crippen molar-refractivity contribution in [2.75, 3.05) is 39.9 Å². The minimum absolute atomic E-state index is 0.0684. The Morgan fingerprint density at radius 3 is 2.35 bits per heavy atom. The molecule has 0 atom stereocenters. The van der Waals surface area contributed by atoms with Gasteiger partial charge in [0.1, 0.15) is 22.2 Å². The van der Waals surface area contributed by atoms with Crippen LogP contribution in [-0.2, 0) is 9.53 Å². The standard InChI is InChI=1S/C22H20N2O6S/c1-24-15-7-5-6-8-18(15)31-21(24)14(11-23)16(25)12-30-22(26)13-9-10-17(27-2)20(29-4)19(13)28-3/h5-10H,12H2,1-4H3/b21-14-. The molecule has 0 aliphatic carbocycles. The molecule has 3 rings (SSSR count). The second-order valence-corrected chi connectivity index (χ2v) is 7.33. The number of thioether (sulfide) groups is 1. The number of Topliss-reactive ketones (excluding diaryl/α,β-unsaturated/α-hetero) is 1. The van der Waals surface area contributed by atoms with Gasteiger partial charge in [-0.3, -0.25) is 4.79 Å². The van der Waals surface area contributed by atoms with Gasteiger partial charge >= 0.3 is 5.97 Å². The summed E-state index contributed by atoms with van der Waals surface area (Å²) in [6.07, 6.45) is 0. The van der Waals surface area contributed by atoms with Gasteiger partial charge in [0.2, 0.25) is 11.5 Å². The molecule has 9 heteroatoms. The topological polar surface area (TPSA) is 98.1 Å². The van der Waals surface area contributed by atoms with Gasteiger partial charge in [-0.1, -0.05) is 23.9 Å². The second-order valence-electron chi connectivity index (χ2n) is 6.30. The minimum atomic E-state index is -0.788. The van der Waals surface area contributed by atoms with E-state index in [1.807, 2.05) is 30.3 Å². The Bertz CT molecular complexity index is 1110. The van der Waals surface area contributed by atoms with Gasteiger partial charge < -0.3 is 23.8 Å². The van der Waals surface area contributed by atoms with Crippen molar-refractivity contribution >= 4 is 29.2 Å². The smallest absolute Gasteiger partial charge is 0.342 e. The molecule has 1 aliphatic rings. The molecule has 8 nitrogen and oxygen atoms in total. The highest BCUT2D eigenvalue weighted by Crippen LogP contribution is 2.46. The van der Waals surface area contributed by atoms with Gasteiger partial charge in [-0.15, -0.1) is 0 Å². The molecule has 1 heterocycles. The summed E-state index contributed by atoms with van der Waals surface area (Å²) in [5, 5.41) is 10.1. The second kappa shape index (κ2) is 9.45. The van der Waals surface area contributed by atoms with Crippen LogP contribution in [0.4, 0.5) is 5.69 Å². The summed E-state index contributed by atoms with van der Waals surface area (Å²) in [6, 6.07) is 12.5. The minimum Gasteiger partial charge on any atom is -0.493 e. The molecule has 1 aliphatic heterocycles. The average molecular weight is 440 g/mol. The number of rotatable bonds is 7. The number of carbonyl (C=O) groups is 2. The van der Waals surface area contributed by atoms with E-state index in [0.717, 1.165) is 10.6 Å². The molecule has 31 heavy (non-hydrogen) atoms. The lowest BCUT2D eigenvalue weighted by Gasteiger charge is -2.16. The Balaban J connectivity index is 1.80. The van der Waals surface area contributed by atoms with Crippen molar-refractivity contribution in [2.45, 2.75) is 4.90 Å². The third-order valence-electron chi connectivity index (χ3n) is 4.60. The van der Waals surface area contributed by atoms with Crippen molar-refractivity contribution in [2.24, 2.45) is 0 Å². The zero-order valence-electron chi connectivity index (χ0n) is 17.4. The highest BCUT2D eigenvalue weighted by molar-refractivity contribution is 8.03. The quantitative estimate of drug-likeness (QED) is 0.364. The number of anilines is 1. The Hall–Kier alpha value is -3.64. The summed E-state index contributed by atoms with van der Waals surface area (Å²) < 4.78 is 20.9. The number of nitriles is 1. The first-order chi connectivity index (χ1) is 15.0. The van der Waals surface area contributed by atoms with Crippen LogP contribution in [0.3, 0.4) is 0 Å². The zero-order valence-corrected chi connectivity index (χ0v) is 18.2. The van der Waals surface area contributed by atoms with Gasteiger partial charge in [-0.05, 0) is 24.3 Å². The van der Waals surface area contributed by atoms with E-state index >= 15 is 0 Å². The number of nitrogens with zero attached hydrogens (tertiary/aromatic N) is 2. The van der Waals surface area contributed by atoms with Gasteiger partial charge in [-0.25, -0.2) is 4.79 Å². The number of para-hydroxylation sites is 1. The zero-order chi connectivity index (χ0) is 22.5. The number of hydrogen-bond donors (Lipinski definition) is 0. The molecule has 0 saturated carbocycles. The number of ketones is 1. The van der Waals surface area contributed by atoms with Crippen molar-refractivity contribution in [3.05, 3.63) is 52.6 Å². The largest absolute Gasteiger partial charge is 0.493 e. The van der Waals surface area contributed by atoms with E-state index < -0.39 is 18.4 Å². The van der Waals surface area contributed by atoms with E-state index in [9.17, 15) is 14.9 Å². The molecule has 0 amide bonds. The SMILES string of the molecule is COc1ccc(C(=O)OCC(=O)/C(C#N)=C2\Sc3ccccc3N2C)c(OC)c1OC. The van der Waals surface area contributed by atoms with Crippen LogP contribution in [0.5, 0.6) is 17.2 Å². The summed E-state index contributed by atoms with van der Waals surface area (Å²) in [5.74, 6) is -0.655. The first-order valence-electron chi connectivity index (χ1n) is 9.11. The van der Waals surface area contributed by atoms with Crippen LogP contribution in [0.25, 0.3) is 0 Å². The lowest BCUT2D eigenvalue weighted by Crippen LogP contribution is -2.20. The lowest BCUT2D eigenvalue weighted by molar-refractivity contribution is -0.118. The van der Waals surface area contributed by atoms with E-state index in [-0.39, 0.29) is 22.6 Å². The molecule has 0 saturated heterocycles. The van der Waals surface area contributed by atoms with E-state index in [2.05, 4.69) is 0 Å². The lowest BCUT2D eigenvalue weighted by atomic mass is 10.1. The van der Waals surface area contributed by atoms with E-state index in [1.54, 1.807) is 11.9 Å². The van der Waals surface area contributed by atoms with Gasteiger partial charge in [0.15, 0.2) is 18.1 Å². The molecule has 0 unspecified atom stereocenters. The molecule has 0 N–H and O–H groups in total. The number of hydrogen-bond acceptors (Lipinski definition) is 9. The van der Waals surface area contributed by atoms with Crippen LogP contribution < -0.4 is 19.1 Å². The number of esters is 1. The molecular weight excluding hydrogens is 420 g/mol. The van der Waals surface area contributed by atoms with Crippen LogP contribution in [0.1, 0.15) is 10.4 Å². The normalized spacial score (nSPS) is 13.7. The number of fused-ring (bicyclic) bond motifs is 1. The Morgan fingerprint density at radius 1 is 1.03 bits per heavy atom. The molecule has 0 spiro atoms. The van der Waals surface area contributed by atoms with Crippen molar-refractivity contribution in [1.82, 2.24) is 0 Å². The number of methoxy groups -OCH3 is 3. The fraction of sp³-hybridized carbons (Fsp3) is 0.227. The third-order valence-corrected chi connectivity index (χ3v) is 5.84. The van der Waals surface area contributed by atoms with Crippen LogP contribution >= 0.6 is 11.8 Å². The summed E-state index contributed by atoms with van der Waals surface area (Å²) in [7, 11) is 6.03. The van der Waals surface area contributed by atoms with Crippen LogP contribution in [0.2, 0.25) is 0 Å². The predicted octanol–water partition coefficient (Wildman–Crippen LogP) is 3.42. The molecule has 0 bridgehead atoms. The molecule has 160 valence electrons. The van der Waals surface area contributed by atoms with Crippen molar-refractivity contribution in [1.29, 1.82) is 5.26 Å². The fourth-order valence-corrected chi connectivity index (χ4v) is 4.26. The fourth-order valence-electron chi connectivity index (χ4n) is 3.09. The maximum absolute atomic E-state index is 12.7. The maximum atomic E-state index is 12.7. The predicted molar refractivity (Wildman–Crippen MR) is 115 cm³/mol. The molecule has 2 aromatic carbocycles. The number of ether oxygens (including phenoxy) is 4. The van der Waals surface area contributed by atoms with Crippen molar-refractivity contribution < 1.29 is 28.5 Å². The summed E-state index contributed by atoms with van der Waals surface area (Å²) in [5.41, 5.74) is 0.893. The van der Waals surface area contributed by atoms with Gasteiger partial charge in [0.25, 0.3) is 0 Å². The highest BCUT2D eigenvalue weighted by atomic mass is 32.2. The summed E-state index contributed by atoms with van der Waals surface area (Å²) in [6.45, 7) is -0.590. The van der Waals surface area contributed by atoms with Gasteiger partial charge in [0, 0.05) is 11.9 Å². The monoisotopic (exact) mass is 440 g/mol. The summed E-state index contributed by atoms with van der Waals surface area (Å²) >= 11 is 1.32. The Kier molecular flexibility index (Phi) is 6.72. The van der Waals surface area contributed by atoms with Crippen molar-refractivity contribution in [3.63, 3.8) is 0 Å². The Labute approximate surface area is 183 Å². The Morgan fingerprint density at radius 2 is 1.74 bits per heavy atom. The number of benzene rings is 2. The maximum Gasteiger partial charge on any atom is 0.342 e. The van der Waals surface area contributed by atoms with Gasteiger partial charge in [0.05, 0.1) is 27.0 Å². The molecular formula is C22H20N2O6S. The molecule has 0 fully saturated rings. The van der Waals surface area contributed by atoms with Crippen LogP contribution in [-0.4, -0.2) is 46.7 Å².